The molecule has 0 aromatic rings. The summed E-state index contributed by atoms with van der Waals surface area (Å²) in [6, 6.07) is 0. The lowest BCUT2D eigenvalue weighted by molar-refractivity contribution is -0.120. The number of ketones is 1. The van der Waals surface area contributed by atoms with Gasteiger partial charge >= 0.3 is 0 Å². The standard InChI is InChI=1S/C26H44O3Si/c1-12-22(27)21-16-15-20(3)24(26(21,7)8)23(28-9)18-19(2)14-13-17-29-30(10,11)25(4,5)6/h1,21,23H,2,13-18H2,3-11H3. The summed E-state index contributed by atoms with van der Waals surface area (Å²) in [5.74, 6) is 2.11. The fraction of sp³-hybridized carbons (Fsp3) is 0.731. The molecule has 0 amide bonds. The molecule has 1 aliphatic rings. The number of Topliss-reactive ketones (excluding diaryl/α,β-unsaturated/α-hetero) is 1. The maximum Gasteiger partial charge on any atom is 0.209 e. The molecular weight excluding hydrogens is 388 g/mol. The van der Waals surface area contributed by atoms with Crippen LogP contribution in [0.15, 0.2) is 23.3 Å². The topological polar surface area (TPSA) is 35.5 Å². The van der Waals surface area contributed by atoms with Crippen molar-refractivity contribution < 1.29 is 14.0 Å². The van der Waals surface area contributed by atoms with Crippen LogP contribution in [-0.2, 0) is 14.0 Å². The van der Waals surface area contributed by atoms with Crippen molar-refractivity contribution in [2.75, 3.05) is 13.7 Å². The Bertz CT molecular complexity index is 701. The third-order valence-electron chi connectivity index (χ3n) is 7.32. The number of allylic oxidation sites excluding steroid dienone is 1. The summed E-state index contributed by atoms with van der Waals surface area (Å²) in [6.07, 6.45) is 9.75. The molecule has 2 atom stereocenters. The summed E-state index contributed by atoms with van der Waals surface area (Å²) in [4.78, 5) is 12.4. The first-order valence-corrected chi connectivity index (χ1v) is 14.1. The van der Waals surface area contributed by atoms with Crippen LogP contribution in [0.5, 0.6) is 0 Å². The van der Waals surface area contributed by atoms with Gasteiger partial charge in [0, 0.05) is 19.6 Å². The second-order valence-corrected chi connectivity index (χ2v) is 15.7. The van der Waals surface area contributed by atoms with Crippen LogP contribution in [0.4, 0.5) is 0 Å². The Balaban J connectivity index is 2.78. The maximum atomic E-state index is 12.4. The third kappa shape index (κ3) is 6.42. The first kappa shape index (κ1) is 26.9. The molecule has 3 nitrogen and oxygen atoms in total. The molecule has 0 radical (unpaired) electrons. The molecule has 0 N–H and O–H groups in total. The largest absolute Gasteiger partial charge is 0.417 e. The SMILES string of the molecule is C#CC(=O)C1CCC(C)=C(C(CC(=C)CCCO[Si](C)(C)C(C)(C)C)OC)C1(C)C. The summed E-state index contributed by atoms with van der Waals surface area (Å²) in [7, 11) is 0.0486. The van der Waals surface area contributed by atoms with Crippen molar-refractivity contribution in [1.82, 2.24) is 0 Å². The van der Waals surface area contributed by atoms with Crippen LogP contribution in [0.2, 0.25) is 18.1 Å². The Morgan fingerprint density at radius 2 is 1.97 bits per heavy atom. The molecule has 0 saturated heterocycles. The molecule has 0 aromatic heterocycles. The molecule has 30 heavy (non-hydrogen) atoms. The molecule has 1 aliphatic carbocycles. The van der Waals surface area contributed by atoms with E-state index in [1.54, 1.807) is 7.11 Å². The number of carbonyl (C=O) groups is 1. The van der Waals surface area contributed by atoms with Crippen molar-refractivity contribution in [1.29, 1.82) is 0 Å². The lowest BCUT2D eigenvalue weighted by atomic mass is 9.62. The minimum atomic E-state index is -1.70. The third-order valence-corrected chi connectivity index (χ3v) is 11.9. The molecule has 0 bridgehead atoms. The highest BCUT2D eigenvalue weighted by Gasteiger charge is 2.43. The highest BCUT2D eigenvalue weighted by Crippen LogP contribution is 2.48. The summed E-state index contributed by atoms with van der Waals surface area (Å²) < 4.78 is 12.2. The van der Waals surface area contributed by atoms with Gasteiger partial charge in [-0.3, -0.25) is 4.79 Å². The molecule has 0 fully saturated rings. The van der Waals surface area contributed by atoms with Crippen molar-refractivity contribution in [3.8, 4) is 12.3 Å². The Morgan fingerprint density at radius 1 is 1.37 bits per heavy atom. The van der Waals surface area contributed by atoms with Crippen molar-refractivity contribution in [3.63, 3.8) is 0 Å². The van der Waals surface area contributed by atoms with Crippen molar-refractivity contribution in [2.45, 2.75) is 97.9 Å². The quantitative estimate of drug-likeness (QED) is 0.127. The van der Waals surface area contributed by atoms with Crippen molar-refractivity contribution in [2.24, 2.45) is 11.3 Å². The van der Waals surface area contributed by atoms with Gasteiger partial charge in [0.05, 0.1) is 6.10 Å². The van der Waals surface area contributed by atoms with Crippen LogP contribution >= 0.6 is 0 Å². The average molecular weight is 433 g/mol. The highest BCUT2D eigenvalue weighted by atomic mass is 28.4. The van der Waals surface area contributed by atoms with Gasteiger partial charge in [0.15, 0.2) is 8.32 Å². The Morgan fingerprint density at radius 3 is 2.47 bits per heavy atom. The van der Waals surface area contributed by atoms with Gasteiger partial charge in [-0.25, -0.2) is 0 Å². The molecule has 2 unspecified atom stereocenters. The van der Waals surface area contributed by atoms with Crippen molar-refractivity contribution >= 4 is 14.1 Å². The smallest absolute Gasteiger partial charge is 0.209 e. The summed E-state index contributed by atoms with van der Waals surface area (Å²) in [6.45, 7) is 22.9. The highest BCUT2D eigenvalue weighted by molar-refractivity contribution is 6.74. The number of carbonyl (C=O) groups excluding carboxylic acids is 1. The van der Waals surface area contributed by atoms with Crippen LogP contribution in [0.25, 0.3) is 0 Å². The number of rotatable bonds is 10. The van der Waals surface area contributed by atoms with Crippen LogP contribution in [0.1, 0.15) is 73.6 Å². The van der Waals surface area contributed by atoms with Gasteiger partial charge in [0.2, 0.25) is 5.78 Å². The van der Waals surface area contributed by atoms with Gasteiger partial charge in [-0.2, -0.15) is 0 Å². The fourth-order valence-corrected chi connectivity index (χ4v) is 5.46. The van der Waals surface area contributed by atoms with Crippen LogP contribution in [-0.4, -0.2) is 33.9 Å². The molecular formula is C26H44O3Si. The maximum absolute atomic E-state index is 12.4. The van der Waals surface area contributed by atoms with Crippen LogP contribution < -0.4 is 0 Å². The Labute approximate surface area is 186 Å². The number of terminal acetylenes is 1. The Hall–Kier alpha value is -1.15. The van der Waals surface area contributed by atoms with Gasteiger partial charge in [-0.15, -0.1) is 6.42 Å². The van der Waals surface area contributed by atoms with Gasteiger partial charge in [0.1, 0.15) is 0 Å². The number of methoxy groups -OCH3 is 1. The molecule has 0 heterocycles. The van der Waals surface area contributed by atoms with E-state index in [0.29, 0.717) is 0 Å². The number of hydrogen-bond donors (Lipinski definition) is 0. The fourth-order valence-electron chi connectivity index (χ4n) is 4.38. The number of hydrogen-bond acceptors (Lipinski definition) is 3. The first-order valence-electron chi connectivity index (χ1n) is 11.2. The van der Waals surface area contributed by atoms with E-state index < -0.39 is 8.32 Å². The van der Waals surface area contributed by atoms with Crippen molar-refractivity contribution in [3.05, 3.63) is 23.3 Å². The van der Waals surface area contributed by atoms with E-state index in [2.05, 4.69) is 67.1 Å². The zero-order valence-corrected chi connectivity index (χ0v) is 21.9. The van der Waals surface area contributed by atoms with E-state index in [1.807, 2.05) is 0 Å². The molecule has 4 heteroatoms. The van der Waals surface area contributed by atoms with E-state index in [0.717, 1.165) is 38.7 Å². The number of ether oxygens (including phenoxy) is 1. The van der Waals surface area contributed by atoms with E-state index in [1.165, 1.54) is 16.7 Å². The predicted octanol–water partition coefficient (Wildman–Crippen LogP) is 6.70. The zero-order valence-electron chi connectivity index (χ0n) is 20.9. The summed E-state index contributed by atoms with van der Waals surface area (Å²) in [5.41, 5.74) is 3.41. The molecule has 0 aromatic carbocycles. The van der Waals surface area contributed by atoms with E-state index in [9.17, 15) is 4.79 Å². The lowest BCUT2D eigenvalue weighted by Gasteiger charge is -2.43. The second-order valence-electron chi connectivity index (χ2n) is 10.9. The van der Waals surface area contributed by atoms with E-state index >= 15 is 0 Å². The van der Waals surface area contributed by atoms with Gasteiger partial charge in [0.25, 0.3) is 0 Å². The minimum absolute atomic E-state index is 0.0674. The van der Waals surface area contributed by atoms with E-state index in [4.69, 9.17) is 15.6 Å². The summed E-state index contributed by atoms with van der Waals surface area (Å²) in [5, 5.41) is 0.230. The molecule has 1 rings (SSSR count). The summed E-state index contributed by atoms with van der Waals surface area (Å²) >= 11 is 0. The zero-order chi connectivity index (χ0) is 23.3. The van der Waals surface area contributed by atoms with Gasteiger partial charge in [-0.1, -0.05) is 52.3 Å². The lowest BCUT2D eigenvalue weighted by Crippen LogP contribution is -2.41. The predicted molar refractivity (Wildman–Crippen MR) is 130 cm³/mol. The Kier molecular flexibility index (Phi) is 9.35. The molecule has 0 aliphatic heterocycles. The van der Waals surface area contributed by atoms with Crippen LogP contribution in [0.3, 0.4) is 0 Å². The first-order chi connectivity index (χ1) is 13.7. The van der Waals surface area contributed by atoms with E-state index in [-0.39, 0.29) is 28.3 Å². The van der Waals surface area contributed by atoms with Gasteiger partial charge in [-0.05, 0) is 74.1 Å². The second kappa shape index (κ2) is 10.4. The minimum Gasteiger partial charge on any atom is -0.417 e. The monoisotopic (exact) mass is 432 g/mol. The molecule has 0 spiro atoms. The molecule has 170 valence electrons. The average Bonchev–Trinajstić information content (AvgIpc) is 2.62. The van der Waals surface area contributed by atoms with Gasteiger partial charge < -0.3 is 9.16 Å². The van der Waals surface area contributed by atoms with Crippen LogP contribution in [0, 0.1) is 23.7 Å². The normalized spacial score (nSPS) is 20.6. The molecule has 0 saturated carbocycles.